The van der Waals surface area contributed by atoms with Gasteiger partial charge in [-0.15, -0.1) is 0 Å². The largest absolute Gasteiger partial charge is 0.461 e. The van der Waals surface area contributed by atoms with E-state index in [0.717, 1.165) is 94.0 Å². The van der Waals surface area contributed by atoms with Gasteiger partial charge in [0.05, 0.1) is 19.8 Å². The van der Waals surface area contributed by atoms with Crippen LogP contribution in [0.1, 0.15) is 220 Å². The van der Waals surface area contributed by atoms with E-state index in [4.69, 9.17) is 19.3 Å². The Balaban J connectivity index is 4.49. The average Bonchev–Trinajstić information content (AvgIpc) is 3.20. The van der Waals surface area contributed by atoms with Crippen LogP contribution in [0.15, 0.2) is 0 Å². The quantitative estimate of drug-likeness (QED) is 0.0475. The second-order valence-corrected chi connectivity index (χ2v) is 18.7. The molecule has 1 N–H and O–H groups in total. The summed E-state index contributed by atoms with van der Waals surface area (Å²) in [6.07, 6.45) is 34.4. The summed E-state index contributed by atoms with van der Waals surface area (Å²) in [5, 5.41) is 9.15. The van der Waals surface area contributed by atoms with Gasteiger partial charge in [0.2, 0.25) is 0 Å². The number of nitrogens with zero attached hydrogens (tertiary/aromatic N) is 1. The van der Waals surface area contributed by atoms with Crippen LogP contribution >= 0.6 is 23.5 Å². The van der Waals surface area contributed by atoms with Gasteiger partial charge < -0.3 is 24.2 Å². The topological polar surface area (TPSA) is 85.3 Å². The summed E-state index contributed by atoms with van der Waals surface area (Å²) in [5.41, 5.74) is 0. The van der Waals surface area contributed by atoms with Crippen molar-refractivity contribution in [1.82, 2.24) is 4.90 Å². The number of thioether (sulfide) groups is 2. The maximum absolute atomic E-state index is 12.6. The van der Waals surface area contributed by atoms with E-state index in [1.54, 1.807) is 0 Å². The number of carbonyl (C=O) groups excluding carboxylic acids is 2. The lowest BCUT2D eigenvalue weighted by Gasteiger charge is -2.22. The van der Waals surface area contributed by atoms with E-state index < -0.39 is 0 Å². The van der Waals surface area contributed by atoms with Gasteiger partial charge in [-0.05, 0) is 88.8 Å². The predicted molar refractivity (Wildman–Crippen MR) is 250 cm³/mol. The zero-order valence-corrected chi connectivity index (χ0v) is 39.8. The molecule has 0 spiro atoms. The molecular formula is C48H95NO6S2. The number of aliphatic hydroxyl groups excluding tert-OH is 1. The monoisotopic (exact) mass is 846 g/mol. The molecule has 0 aliphatic heterocycles. The molecule has 0 radical (unpaired) electrons. The van der Waals surface area contributed by atoms with Crippen LogP contribution in [0.4, 0.5) is 0 Å². The SMILES string of the molecule is CCCCCCCCC(=O)OC(CCCCCC)CSCCCCCN(CCCCCSCC(CCCCCC)OC(=O)CCCCCCCC)CCOCCO. The molecule has 0 bridgehead atoms. The molecule has 0 rings (SSSR count). The van der Waals surface area contributed by atoms with Crippen molar-refractivity contribution in [2.24, 2.45) is 0 Å². The minimum atomic E-state index is 0.00633. The summed E-state index contributed by atoms with van der Waals surface area (Å²) in [7, 11) is 0. The Morgan fingerprint density at radius 3 is 1.28 bits per heavy atom. The van der Waals surface area contributed by atoms with E-state index >= 15 is 0 Å². The fourth-order valence-corrected chi connectivity index (χ4v) is 9.24. The third-order valence-electron chi connectivity index (χ3n) is 10.7. The van der Waals surface area contributed by atoms with Crippen molar-refractivity contribution < 1.29 is 28.9 Å². The summed E-state index contributed by atoms with van der Waals surface area (Å²) >= 11 is 3.92. The standard InChI is InChI=1S/C48H95NO6S2/c1-5-9-13-17-19-25-33-47(51)54-45(31-23-15-11-7-3)43-56-41-29-21-27-35-49(37-39-53-40-38-50)36-28-22-30-42-57-44-46(32-24-16-12-8-4)55-48(52)34-26-20-18-14-10-6-2/h45-46,50H,5-44H2,1-4H3. The van der Waals surface area contributed by atoms with Gasteiger partial charge in [-0.1, -0.05) is 143 Å². The second kappa shape index (κ2) is 46.6. The number of esters is 2. The molecule has 9 heteroatoms. The van der Waals surface area contributed by atoms with Crippen LogP contribution in [0, 0.1) is 0 Å². The predicted octanol–water partition coefficient (Wildman–Crippen LogP) is 13.4. The Kier molecular flexibility index (Phi) is 46.2. The normalized spacial score (nSPS) is 12.7. The van der Waals surface area contributed by atoms with E-state index in [2.05, 4.69) is 32.6 Å². The molecule has 0 saturated carbocycles. The molecule has 0 aromatic rings. The lowest BCUT2D eigenvalue weighted by atomic mass is 10.1. The first-order valence-corrected chi connectivity index (χ1v) is 26.8. The lowest BCUT2D eigenvalue weighted by molar-refractivity contribution is -0.149. The number of rotatable bonds is 47. The molecule has 0 aromatic heterocycles. The Hall–Kier alpha value is -0.480. The van der Waals surface area contributed by atoms with Crippen molar-refractivity contribution in [3.63, 3.8) is 0 Å². The van der Waals surface area contributed by atoms with E-state index in [-0.39, 0.29) is 30.8 Å². The maximum Gasteiger partial charge on any atom is 0.306 e. The number of unbranched alkanes of at least 4 members (excludes halogenated alkanes) is 20. The van der Waals surface area contributed by atoms with Crippen molar-refractivity contribution in [3.8, 4) is 0 Å². The highest BCUT2D eigenvalue weighted by molar-refractivity contribution is 7.99. The molecule has 2 atom stereocenters. The van der Waals surface area contributed by atoms with Gasteiger partial charge in [0, 0.05) is 30.9 Å². The van der Waals surface area contributed by atoms with Crippen LogP contribution in [-0.2, 0) is 23.8 Å². The van der Waals surface area contributed by atoms with Crippen LogP contribution in [0.3, 0.4) is 0 Å². The first kappa shape index (κ1) is 56.5. The average molecular weight is 846 g/mol. The van der Waals surface area contributed by atoms with Crippen LogP contribution in [0.5, 0.6) is 0 Å². The van der Waals surface area contributed by atoms with Gasteiger partial charge >= 0.3 is 11.9 Å². The van der Waals surface area contributed by atoms with Gasteiger partial charge in [0.25, 0.3) is 0 Å². The molecule has 0 fully saturated rings. The van der Waals surface area contributed by atoms with Gasteiger partial charge in [-0.3, -0.25) is 9.59 Å². The van der Waals surface area contributed by atoms with E-state index in [1.165, 1.54) is 128 Å². The highest BCUT2D eigenvalue weighted by Crippen LogP contribution is 2.19. The molecule has 0 aliphatic rings. The molecule has 340 valence electrons. The minimum Gasteiger partial charge on any atom is -0.461 e. The van der Waals surface area contributed by atoms with Crippen LogP contribution in [0.25, 0.3) is 0 Å². The van der Waals surface area contributed by atoms with E-state index in [0.29, 0.717) is 26.1 Å². The molecule has 7 nitrogen and oxygen atoms in total. The Bertz CT molecular complexity index is 777. The molecule has 0 saturated heterocycles. The molecule has 2 unspecified atom stereocenters. The van der Waals surface area contributed by atoms with E-state index in [1.807, 2.05) is 23.5 Å². The highest BCUT2D eigenvalue weighted by Gasteiger charge is 2.16. The number of ether oxygens (including phenoxy) is 3. The summed E-state index contributed by atoms with van der Waals surface area (Å²) in [6, 6.07) is 0. The number of hydrogen-bond acceptors (Lipinski definition) is 9. The fourth-order valence-electron chi connectivity index (χ4n) is 7.10. The fraction of sp³-hybridized carbons (Fsp3) is 0.958. The summed E-state index contributed by atoms with van der Waals surface area (Å²) in [4.78, 5) is 27.8. The van der Waals surface area contributed by atoms with Crippen molar-refractivity contribution in [3.05, 3.63) is 0 Å². The lowest BCUT2D eigenvalue weighted by Crippen LogP contribution is -2.30. The minimum absolute atomic E-state index is 0.00633. The second-order valence-electron chi connectivity index (χ2n) is 16.4. The molecule has 0 aliphatic carbocycles. The smallest absolute Gasteiger partial charge is 0.306 e. The van der Waals surface area contributed by atoms with Crippen LogP contribution < -0.4 is 0 Å². The van der Waals surface area contributed by atoms with Crippen LogP contribution in [0.2, 0.25) is 0 Å². The van der Waals surface area contributed by atoms with E-state index in [9.17, 15) is 9.59 Å². The molecule has 0 aromatic carbocycles. The van der Waals surface area contributed by atoms with Crippen molar-refractivity contribution in [2.75, 3.05) is 62.5 Å². The Labute approximate surface area is 362 Å². The molecule has 0 heterocycles. The molecular weight excluding hydrogens is 751 g/mol. The number of hydrogen-bond donors (Lipinski definition) is 1. The number of carbonyl (C=O) groups is 2. The highest BCUT2D eigenvalue weighted by atomic mass is 32.2. The van der Waals surface area contributed by atoms with Crippen LogP contribution in [-0.4, -0.2) is 96.6 Å². The summed E-state index contributed by atoms with van der Waals surface area (Å²) in [6.45, 7) is 13.2. The maximum atomic E-state index is 12.6. The van der Waals surface area contributed by atoms with Gasteiger partial charge in [-0.2, -0.15) is 23.5 Å². The summed E-state index contributed by atoms with van der Waals surface area (Å²) < 4.78 is 17.6. The number of aliphatic hydroxyl groups is 1. The van der Waals surface area contributed by atoms with Gasteiger partial charge in [-0.25, -0.2) is 0 Å². The Morgan fingerprint density at radius 1 is 0.474 bits per heavy atom. The Morgan fingerprint density at radius 2 is 0.860 bits per heavy atom. The third-order valence-corrected chi connectivity index (χ3v) is 13.1. The van der Waals surface area contributed by atoms with Gasteiger partial charge in [0.1, 0.15) is 12.2 Å². The van der Waals surface area contributed by atoms with Crippen molar-refractivity contribution >= 4 is 35.5 Å². The third kappa shape index (κ3) is 42.0. The van der Waals surface area contributed by atoms with Crippen molar-refractivity contribution in [2.45, 2.75) is 233 Å². The first-order chi connectivity index (χ1) is 28.0. The first-order valence-electron chi connectivity index (χ1n) is 24.5. The van der Waals surface area contributed by atoms with Crippen molar-refractivity contribution in [1.29, 1.82) is 0 Å². The van der Waals surface area contributed by atoms with Gasteiger partial charge in [0.15, 0.2) is 0 Å². The molecule has 57 heavy (non-hydrogen) atoms. The summed E-state index contributed by atoms with van der Waals surface area (Å²) in [5.74, 6) is 4.10. The zero-order chi connectivity index (χ0) is 41.7. The molecule has 0 amide bonds. The zero-order valence-electron chi connectivity index (χ0n) is 38.2.